The number of aromatic nitrogens is 2. The molecule has 9 heteroatoms. The van der Waals surface area contributed by atoms with Crippen molar-refractivity contribution in [2.45, 2.75) is 15.0 Å². The minimum atomic E-state index is -3.41. The standard InChI is InChI=1S/C14H18N4O2S3/c1-4-8-15-13-16-17-14(22-13)21-10-11-6-5-7-12(9-11)23(19,20)18(2)3/h4-7,9H,1,8,10H2,2-3H3,(H,15,16). The van der Waals surface area contributed by atoms with Crippen LogP contribution in [0.2, 0.25) is 0 Å². The molecule has 2 rings (SSSR count). The first-order valence-electron chi connectivity index (χ1n) is 6.76. The van der Waals surface area contributed by atoms with Crippen molar-refractivity contribution in [2.75, 3.05) is 26.0 Å². The third-order valence-electron chi connectivity index (χ3n) is 2.84. The van der Waals surface area contributed by atoms with E-state index in [-0.39, 0.29) is 0 Å². The van der Waals surface area contributed by atoms with Gasteiger partial charge >= 0.3 is 0 Å². The first kappa shape index (κ1) is 17.9. The molecule has 1 aromatic heterocycles. The van der Waals surface area contributed by atoms with Crippen LogP contribution in [0.3, 0.4) is 0 Å². The summed E-state index contributed by atoms with van der Waals surface area (Å²) in [5.74, 6) is 0.632. The van der Waals surface area contributed by atoms with Gasteiger partial charge in [-0.25, -0.2) is 12.7 Å². The van der Waals surface area contributed by atoms with Crippen LogP contribution in [-0.4, -0.2) is 43.6 Å². The van der Waals surface area contributed by atoms with Gasteiger partial charge in [0, 0.05) is 26.4 Å². The molecule has 0 fully saturated rings. The van der Waals surface area contributed by atoms with Gasteiger partial charge < -0.3 is 5.32 Å². The van der Waals surface area contributed by atoms with E-state index >= 15 is 0 Å². The van der Waals surface area contributed by atoms with Crippen molar-refractivity contribution in [3.63, 3.8) is 0 Å². The average molecular weight is 371 g/mol. The van der Waals surface area contributed by atoms with Crippen molar-refractivity contribution < 1.29 is 8.42 Å². The predicted octanol–water partition coefficient (Wildman–Crippen LogP) is 2.68. The van der Waals surface area contributed by atoms with Crippen molar-refractivity contribution >= 4 is 38.3 Å². The van der Waals surface area contributed by atoms with Gasteiger partial charge in [-0.15, -0.1) is 16.8 Å². The zero-order valence-corrected chi connectivity index (χ0v) is 15.3. The van der Waals surface area contributed by atoms with Crippen LogP contribution in [-0.2, 0) is 15.8 Å². The van der Waals surface area contributed by atoms with Crippen LogP contribution in [0.25, 0.3) is 0 Å². The molecule has 0 saturated heterocycles. The van der Waals surface area contributed by atoms with Crippen molar-refractivity contribution in [3.8, 4) is 0 Å². The molecule has 6 nitrogen and oxygen atoms in total. The molecule has 0 spiro atoms. The second-order valence-electron chi connectivity index (χ2n) is 4.77. The zero-order chi connectivity index (χ0) is 16.9. The fourth-order valence-electron chi connectivity index (χ4n) is 1.65. The number of rotatable bonds is 8. The van der Waals surface area contributed by atoms with Crippen LogP contribution in [0.5, 0.6) is 0 Å². The lowest BCUT2D eigenvalue weighted by molar-refractivity contribution is 0.520. The molecule has 1 N–H and O–H groups in total. The van der Waals surface area contributed by atoms with Gasteiger partial charge in [-0.05, 0) is 17.7 Å². The molecule has 2 aromatic rings. The van der Waals surface area contributed by atoms with Crippen LogP contribution in [0.4, 0.5) is 5.13 Å². The minimum absolute atomic E-state index is 0.297. The Morgan fingerprint density at radius 3 is 2.87 bits per heavy atom. The summed E-state index contributed by atoms with van der Waals surface area (Å²) in [6.45, 7) is 4.28. The van der Waals surface area contributed by atoms with Gasteiger partial charge in [-0.2, -0.15) is 0 Å². The van der Waals surface area contributed by atoms with Crippen LogP contribution < -0.4 is 5.32 Å². The molecular weight excluding hydrogens is 352 g/mol. The van der Waals surface area contributed by atoms with Crippen LogP contribution in [0, 0.1) is 0 Å². The molecule has 0 radical (unpaired) electrons. The highest BCUT2D eigenvalue weighted by Gasteiger charge is 2.17. The third kappa shape index (κ3) is 4.77. The maximum absolute atomic E-state index is 12.1. The number of thioether (sulfide) groups is 1. The number of benzene rings is 1. The Balaban J connectivity index is 2.04. The normalized spacial score (nSPS) is 11.6. The average Bonchev–Trinajstić information content (AvgIpc) is 2.99. The van der Waals surface area contributed by atoms with E-state index in [0.717, 1.165) is 15.0 Å². The Labute approximate surface area is 144 Å². The van der Waals surface area contributed by atoms with E-state index in [1.165, 1.54) is 41.5 Å². The molecular formula is C14H18N4O2S3. The molecule has 0 atom stereocenters. The SMILES string of the molecule is C=CCNc1nnc(SCc2cccc(S(=O)(=O)N(C)C)c2)s1. The minimum Gasteiger partial charge on any atom is -0.357 e. The van der Waals surface area contributed by atoms with Gasteiger partial charge in [-0.3, -0.25) is 0 Å². The topological polar surface area (TPSA) is 75.2 Å². The maximum Gasteiger partial charge on any atom is 0.242 e. The largest absolute Gasteiger partial charge is 0.357 e. The van der Waals surface area contributed by atoms with Gasteiger partial charge in [0.1, 0.15) is 0 Å². The number of hydrogen-bond donors (Lipinski definition) is 1. The van der Waals surface area contributed by atoms with Crippen LogP contribution in [0.15, 0.2) is 46.2 Å². The molecule has 0 unspecified atom stereocenters. The number of nitrogens with zero attached hydrogens (tertiary/aromatic N) is 3. The lowest BCUT2D eigenvalue weighted by Gasteiger charge is -2.12. The van der Waals surface area contributed by atoms with Crippen molar-refractivity contribution in [3.05, 3.63) is 42.5 Å². The highest BCUT2D eigenvalue weighted by atomic mass is 32.2. The fourth-order valence-corrected chi connectivity index (χ4v) is 4.32. The van der Waals surface area contributed by atoms with E-state index in [2.05, 4.69) is 22.1 Å². The lowest BCUT2D eigenvalue weighted by atomic mass is 10.2. The Morgan fingerprint density at radius 1 is 1.39 bits per heavy atom. The van der Waals surface area contributed by atoms with E-state index in [1.54, 1.807) is 24.3 Å². The number of nitrogens with one attached hydrogen (secondary N) is 1. The summed E-state index contributed by atoms with van der Waals surface area (Å²) in [6, 6.07) is 6.95. The Kier molecular flexibility index (Phi) is 6.17. The lowest BCUT2D eigenvalue weighted by Crippen LogP contribution is -2.22. The number of anilines is 1. The summed E-state index contributed by atoms with van der Waals surface area (Å²) in [5, 5.41) is 12.0. The molecule has 1 heterocycles. The summed E-state index contributed by atoms with van der Waals surface area (Å²) >= 11 is 2.99. The van der Waals surface area contributed by atoms with Crippen molar-refractivity contribution in [1.82, 2.24) is 14.5 Å². The highest BCUT2D eigenvalue weighted by Crippen LogP contribution is 2.29. The Bertz CT molecular complexity index is 772. The quantitative estimate of drug-likeness (QED) is 0.569. The van der Waals surface area contributed by atoms with E-state index in [0.29, 0.717) is 17.2 Å². The van der Waals surface area contributed by atoms with E-state index in [4.69, 9.17) is 0 Å². The van der Waals surface area contributed by atoms with Gasteiger partial charge in [0.2, 0.25) is 15.2 Å². The highest BCUT2D eigenvalue weighted by molar-refractivity contribution is 8.00. The molecule has 0 aliphatic heterocycles. The second kappa shape index (κ2) is 7.91. The van der Waals surface area contributed by atoms with Crippen LogP contribution in [0.1, 0.15) is 5.56 Å². The number of hydrogen-bond acceptors (Lipinski definition) is 7. The summed E-state index contributed by atoms with van der Waals surface area (Å²) in [7, 11) is -0.362. The van der Waals surface area contributed by atoms with E-state index in [9.17, 15) is 8.42 Å². The van der Waals surface area contributed by atoms with Gasteiger partial charge in [0.25, 0.3) is 0 Å². The Morgan fingerprint density at radius 2 is 2.17 bits per heavy atom. The molecule has 0 aliphatic carbocycles. The predicted molar refractivity (Wildman–Crippen MR) is 95.5 cm³/mol. The molecule has 124 valence electrons. The molecule has 0 bridgehead atoms. The second-order valence-corrected chi connectivity index (χ2v) is 9.12. The first-order valence-corrected chi connectivity index (χ1v) is 10.00. The monoisotopic (exact) mass is 370 g/mol. The van der Waals surface area contributed by atoms with Gasteiger partial charge in [0.15, 0.2) is 4.34 Å². The Hall–Kier alpha value is -1.42. The molecule has 0 amide bonds. The zero-order valence-electron chi connectivity index (χ0n) is 12.9. The molecule has 23 heavy (non-hydrogen) atoms. The maximum atomic E-state index is 12.1. The summed E-state index contributed by atoms with van der Waals surface area (Å²) in [5.41, 5.74) is 0.925. The smallest absolute Gasteiger partial charge is 0.242 e. The van der Waals surface area contributed by atoms with Gasteiger partial charge in [-0.1, -0.05) is 41.3 Å². The van der Waals surface area contributed by atoms with Crippen molar-refractivity contribution in [2.24, 2.45) is 0 Å². The van der Waals surface area contributed by atoms with Crippen molar-refractivity contribution in [1.29, 1.82) is 0 Å². The summed E-state index contributed by atoms with van der Waals surface area (Å²) < 4.78 is 26.3. The first-order chi connectivity index (χ1) is 10.9. The third-order valence-corrected chi connectivity index (χ3v) is 6.74. The molecule has 1 aromatic carbocycles. The van der Waals surface area contributed by atoms with E-state index in [1.807, 2.05) is 6.07 Å². The van der Waals surface area contributed by atoms with Gasteiger partial charge in [0.05, 0.1) is 4.90 Å². The number of sulfonamides is 1. The fraction of sp³-hybridized carbons (Fsp3) is 0.286. The summed E-state index contributed by atoms with van der Waals surface area (Å²) in [4.78, 5) is 0.297. The molecule has 0 aliphatic rings. The van der Waals surface area contributed by atoms with E-state index < -0.39 is 10.0 Å². The van der Waals surface area contributed by atoms with Crippen LogP contribution >= 0.6 is 23.1 Å². The summed E-state index contributed by atoms with van der Waals surface area (Å²) in [6.07, 6.45) is 1.75. The molecule has 0 saturated carbocycles.